The van der Waals surface area contributed by atoms with Gasteiger partial charge in [0.05, 0.1) is 0 Å². The summed E-state index contributed by atoms with van der Waals surface area (Å²) in [6, 6.07) is 11.1. The van der Waals surface area contributed by atoms with Crippen LogP contribution in [0.2, 0.25) is 5.02 Å². The van der Waals surface area contributed by atoms with E-state index in [0.717, 1.165) is 10.8 Å². The minimum absolute atomic E-state index is 0.169. The number of carbonyl (C=O) groups is 2. The Bertz CT molecular complexity index is 855. The fourth-order valence-corrected chi connectivity index (χ4v) is 3.07. The minimum Gasteiger partial charge on any atom is -0.444 e. The summed E-state index contributed by atoms with van der Waals surface area (Å²) in [5.41, 5.74) is 2.98. The second kappa shape index (κ2) is 7.74. The number of ether oxygens (including phenoxy) is 1. The average molecular weight is 390 g/mol. The maximum atomic E-state index is 12.5. The number of rotatable bonds is 2. The molecule has 1 heterocycles. The van der Waals surface area contributed by atoms with Gasteiger partial charge in [0.25, 0.3) is 5.91 Å². The molecule has 6 nitrogen and oxygen atoms in total. The summed E-state index contributed by atoms with van der Waals surface area (Å²) in [6.07, 6.45) is -0.318. The van der Waals surface area contributed by atoms with Crippen molar-refractivity contribution < 1.29 is 14.3 Å². The van der Waals surface area contributed by atoms with Gasteiger partial charge in [-0.15, -0.1) is 0 Å². The Hall–Kier alpha value is -2.31. The molecule has 1 fully saturated rings. The van der Waals surface area contributed by atoms with Gasteiger partial charge >= 0.3 is 6.09 Å². The average Bonchev–Trinajstić information content (AvgIpc) is 2.60. The number of nitrogens with one attached hydrogen (secondary N) is 1. The highest BCUT2D eigenvalue weighted by atomic mass is 35.5. The van der Waals surface area contributed by atoms with Crippen molar-refractivity contribution in [2.45, 2.75) is 26.4 Å². The minimum atomic E-state index is -0.511. The number of nitrogens with zero attached hydrogens (tertiary/aromatic N) is 2. The molecule has 144 valence electrons. The molecule has 27 heavy (non-hydrogen) atoms. The number of benzene rings is 2. The Balaban J connectivity index is 1.56. The van der Waals surface area contributed by atoms with Crippen molar-refractivity contribution in [3.63, 3.8) is 0 Å². The Labute approximate surface area is 164 Å². The van der Waals surface area contributed by atoms with Gasteiger partial charge in [0, 0.05) is 36.8 Å². The third-order valence-electron chi connectivity index (χ3n) is 4.26. The van der Waals surface area contributed by atoms with Gasteiger partial charge < -0.3 is 9.64 Å². The molecule has 0 aliphatic carbocycles. The molecule has 2 amide bonds. The lowest BCUT2D eigenvalue weighted by Crippen LogP contribution is -2.55. The maximum absolute atomic E-state index is 12.5. The van der Waals surface area contributed by atoms with Crippen molar-refractivity contribution in [2.75, 3.05) is 26.2 Å². The lowest BCUT2D eigenvalue weighted by atomic mass is 10.1. The van der Waals surface area contributed by atoms with Crippen LogP contribution in [0.1, 0.15) is 31.1 Å². The van der Waals surface area contributed by atoms with Gasteiger partial charge in [-0.25, -0.2) is 9.80 Å². The van der Waals surface area contributed by atoms with Gasteiger partial charge in [0.15, 0.2) is 0 Å². The SMILES string of the molecule is CC(C)(C)OC(=O)N1CCN(NC(=O)c2ccc3cc(Cl)ccc3c2)CC1. The molecule has 0 bridgehead atoms. The van der Waals surface area contributed by atoms with E-state index >= 15 is 0 Å². The predicted octanol–water partition coefficient (Wildman–Crippen LogP) is 3.69. The van der Waals surface area contributed by atoms with Crippen molar-refractivity contribution in [1.82, 2.24) is 15.3 Å². The summed E-state index contributed by atoms with van der Waals surface area (Å²) in [4.78, 5) is 26.3. The van der Waals surface area contributed by atoms with E-state index in [0.29, 0.717) is 36.8 Å². The van der Waals surface area contributed by atoms with Crippen LogP contribution in [0.4, 0.5) is 4.79 Å². The Kier molecular flexibility index (Phi) is 5.58. The third-order valence-corrected chi connectivity index (χ3v) is 4.49. The van der Waals surface area contributed by atoms with Crippen LogP contribution in [-0.4, -0.2) is 53.7 Å². The Morgan fingerprint density at radius 1 is 1.00 bits per heavy atom. The van der Waals surface area contributed by atoms with Crippen molar-refractivity contribution >= 4 is 34.4 Å². The first kappa shape index (κ1) is 19.5. The molecule has 0 atom stereocenters. The standard InChI is InChI=1S/C20H24ClN3O3/c1-20(2,3)27-19(26)23-8-10-24(11-9-23)22-18(25)16-5-4-15-13-17(21)7-6-14(15)12-16/h4-7,12-13H,8-11H2,1-3H3,(H,22,25). The monoisotopic (exact) mass is 389 g/mol. The van der Waals surface area contributed by atoms with Gasteiger partial charge in [-0.2, -0.15) is 0 Å². The summed E-state index contributed by atoms with van der Waals surface area (Å²) in [6.45, 7) is 7.65. The van der Waals surface area contributed by atoms with Crippen LogP contribution in [0.5, 0.6) is 0 Å². The summed E-state index contributed by atoms with van der Waals surface area (Å²) in [5.74, 6) is -0.169. The van der Waals surface area contributed by atoms with E-state index in [1.165, 1.54) is 0 Å². The lowest BCUT2D eigenvalue weighted by molar-refractivity contribution is 0.00975. The summed E-state index contributed by atoms with van der Waals surface area (Å²) in [5, 5.41) is 4.45. The quantitative estimate of drug-likeness (QED) is 0.850. The van der Waals surface area contributed by atoms with Crippen LogP contribution in [0.15, 0.2) is 36.4 Å². The van der Waals surface area contributed by atoms with E-state index in [2.05, 4.69) is 5.43 Å². The summed E-state index contributed by atoms with van der Waals surface area (Å²) < 4.78 is 5.38. The highest BCUT2D eigenvalue weighted by molar-refractivity contribution is 6.31. The topological polar surface area (TPSA) is 61.9 Å². The fourth-order valence-electron chi connectivity index (χ4n) is 2.89. The zero-order valence-electron chi connectivity index (χ0n) is 15.8. The molecule has 2 aromatic rings. The van der Waals surface area contributed by atoms with E-state index in [-0.39, 0.29) is 12.0 Å². The first-order valence-corrected chi connectivity index (χ1v) is 9.32. The van der Waals surface area contributed by atoms with Gasteiger partial charge in [-0.3, -0.25) is 10.2 Å². The zero-order valence-corrected chi connectivity index (χ0v) is 16.5. The van der Waals surface area contributed by atoms with Gasteiger partial charge in [-0.1, -0.05) is 23.7 Å². The molecule has 0 saturated carbocycles. The molecule has 0 aromatic heterocycles. The number of hydrazine groups is 1. The molecular formula is C20H24ClN3O3. The van der Waals surface area contributed by atoms with E-state index in [1.807, 2.05) is 56.1 Å². The van der Waals surface area contributed by atoms with Crippen LogP contribution < -0.4 is 5.43 Å². The van der Waals surface area contributed by atoms with E-state index in [9.17, 15) is 9.59 Å². The smallest absolute Gasteiger partial charge is 0.410 e. The van der Waals surface area contributed by atoms with Gasteiger partial charge in [-0.05, 0) is 55.8 Å². The van der Waals surface area contributed by atoms with E-state index < -0.39 is 5.60 Å². The van der Waals surface area contributed by atoms with Crippen LogP contribution in [0, 0.1) is 0 Å². The number of piperazine rings is 1. The van der Waals surface area contributed by atoms with Crippen molar-refractivity contribution in [3.8, 4) is 0 Å². The summed E-state index contributed by atoms with van der Waals surface area (Å²) in [7, 11) is 0. The number of halogens is 1. The molecule has 0 spiro atoms. The van der Waals surface area contributed by atoms with Crippen molar-refractivity contribution in [3.05, 3.63) is 47.0 Å². The molecule has 1 aliphatic rings. The number of hydrogen-bond donors (Lipinski definition) is 1. The largest absolute Gasteiger partial charge is 0.444 e. The third kappa shape index (κ3) is 5.11. The number of amides is 2. The first-order valence-electron chi connectivity index (χ1n) is 8.94. The number of fused-ring (bicyclic) bond motifs is 1. The fraction of sp³-hybridized carbons (Fsp3) is 0.400. The molecule has 0 radical (unpaired) electrons. The molecule has 2 aromatic carbocycles. The first-order chi connectivity index (χ1) is 12.7. The molecule has 1 aliphatic heterocycles. The van der Waals surface area contributed by atoms with E-state index in [1.54, 1.807) is 11.0 Å². The highest BCUT2D eigenvalue weighted by Crippen LogP contribution is 2.20. The van der Waals surface area contributed by atoms with Crippen LogP contribution in [0.25, 0.3) is 10.8 Å². The molecule has 1 N–H and O–H groups in total. The van der Waals surface area contributed by atoms with Gasteiger partial charge in [0.1, 0.15) is 5.60 Å². The Morgan fingerprint density at radius 3 is 2.30 bits per heavy atom. The lowest BCUT2D eigenvalue weighted by Gasteiger charge is -2.35. The van der Waals surface area contributed by atoms with Crippen LogP contribution >= 0.6 is 11.6 Å². The van der Waals surface area contributed by atoms with Crippen molar-refractivity contribution in [1.29, 1.82) is 0 Å². The molecule has 1 saturated heterocycles. The normalized spacial score (nSPS) is 15.6. The highest BCUT2D eigenvalue weighted by Gasteiger charge is 2.26. The number of carbonyl (C=O) groups excluding carboxylic acids is 2. The predicted molar refractivity (Wildman–Crippen MR) is 106 cm³/mol. The molecule has 3 rings (SSSR count). The molecular weight excluding hydrogens is 366 g/mol. The molecule has 0 unspecified atom stereocenters. The van der Waals surface area contributed by atoms with Crippen LogP contribution in [0.3, 0.4) is 0 Å². The number of hydrogen-bond acceptors (Lipinski definition) is 4. The Morgan fingerprint density at radius 2 is 1.63 bits per heavy atom. The summed E-state index contributed by atoms with van der Waals surface area (Å²) >= 11 is 6.00. The maximum Gasteiger partial charge on any atom is 0.410 e. The zero-order chi connectivity index (χ0) is 19.6. The van der Waals surface area contributed by atoms with Crippen molar-refractivity contribution in [2.24, 2.45) is 0 Å². The van der Waals surface area contributed by atoms with Crippen LogP contribution in [-0.2, 0) is 4.74 Å². The van der Waals surface area contributed by atoms with Gasteiger partial charge in [0.2, 0.25) is 0 Å². The second-order valence-electron chi connectivity index (χ2n) is 7.60. The second-order valence-corrected chi connectivity index (χ2v) is 8.04. The van der Waals surface area contributed by atoms with E-state index in [4.69, 9.17) is 16.3 Å². The molecule has 7 heteroatoms.